The van der Waals surface area contributed by atoms with Crippen molar-refractivity contribution >= 4 is 0 Å². The molecule has 4 rings (SSSR count). The van der Waals surface area contributed by atoms with E-state index in [1.807, 2.05) is 13.0 Å². The number of hydrogen-bond donors (Lipinski definition) is 0. The van der Waals surface area contributed by atoms with Gasteiger partial charge in [0, 0.05) is 12.0 Å². The Morgan fingerprint density at radius 1 is 1.04 bits per heavy atom. The molecule has 0 saturated heterocycles. The summed E-state index contributed by atoms with van der Waals surface area (Å²) in [7, 11) is 0. The Balaban J connectivity index is 1.43. The van der Waals surface area contributed by atoms with E-state index in [-0.39, 0.29) is 0 Å². The molecular formula is C18H19N3O2. The second kappa shape index (κ2) is 5.99. The molecule has 0 aliphatic heterocycles. The fraction of sp³-hybridized carbons (Fsp3) is 0.389. The maximum absolute atomic E-state index is 5.49. The Morgan fingerprint density at radius 3 is 2.65 bits per heavy atom. The molecule has 5 nitrogen and oxygen atoms in total. The van der Waals surface area contributed by atoms with Crippen molar-refractivity contribution < 1.29 is 9.05 Å². The molecule has 0 bridgehead atoms. The van der Waals surface area contributed by atoms with E-state index in [1.165, 1.54) is 12.0 Å². The standard InChI is InChI=1S/C18H19N3O2/c1-12-9-16(20-22-12)11-17-19-18(23-21-17)15-8-7-14(10-15)13-5-3-2-4-6-13/h2-6,9,14-15H,7-8,10-11H2,1H3/t14-,15-/m1/s1. The lowest BCUT2D eigenvalue weighted by Gasteiger charge is -2.09. The highest BCUT2D eigenvalue weighted by Crippen LogP contribution is 2.42. The lowest BCUT2D eigenvalue weighted by atomic mass is 9.96. The van der Waals surface area contributed by atoms with E-state index in [0.29, 0.717) is 24.1 Å². The van der Waals surface area contributed by atoms with Gasteiger partial charge in [-0.1, -0.05) is 40.6 Å². The molecule has 0 radical (unpaired) electrons. The molecule has 1 aliphatic rings. The fourth-order valence-electron chi connectivity index (χ4n) is 3.40. The van der Waals surface area contributed by atoms with Gasteiger partial charge in [-0.25, -0.2) is 0 Å². The molecule has 1 aliphatic carbocycles. The molecule has 0 amide bonds. The highest BCUT2D eigenvalue weighted by Gasteiger charge is 2.30. The maximum Gasteiger partial charge on any atom is 0.229 e. The zero-order chi connectivity index (χ0) is 15.6. The highest BCUT2D eigenvalue weighted by atomic mass is 16.5. The van der Waals surface area contributed by atoms with Gasteiger partial charge in [0.05, 0.1) is 12.1 Å². The Labute approximate surface area is 134 Å². The summed E-state index contributed by atoms with van der Waals surface area (Å²) in [4.78, 5) is 4.57. The first-order valence-electron chi connectivity index (χ1n) is 8.07. The van der Waals surface area contributed by atoms with Crippen molar-refractivity contribution in [3.63, 3.8) is 0 Å². The zero-order valence-corrected chi connectivity index (χ0v) is 13.1. The van der Waals surface area contributed by atoms with Gasteiger partial charge in [0.25, 0.3) is 0 Å². The summed E-state index contributed by atoms with van der Waals surface area (Å²) >= 11 is 0. The number of hydrogen-bond acceptors (Lipinski definition) is 5. The summed E-state index contributed by atoms with van der Waals surface area (Å²) in [5, 5.41) is 8.07. The smallest absolute Gasteiger partial charge is 0.229 e. The third-order valence-corrected chi connectivity index (χ3v) is 4.55. The third kappa shape index (κ3) is 3.04. The lowest BCUT2D eigenvalue weighted by Crippen LogP contribution is -1.97. The average Bonchev–Trinajstić information content (AvgIpc) is 3.29. The van der Waals surface area contributed by atoms with Crippen molar-refractivity contribution in [1.82, 2.24) is 15.3 Å². The second-order valence-corrected chi connectivity index (χ2v) is 6.27. The highest BCUT2D eigenvalue weighted by molar-refractivity contribution is 5.22. The van der Waals surface area contributed by atoms with Crippen molar-refractivity contribution in [2.75, 3.05) is 0 Å². The summed E-state index contributed by atoms with van der Waals surface area (Å²) in [5.74, 6) is 3.19. The molecule has 23 heavy (non-hydrogen) atoms. The van der Waals surface area contributed by atoms with Gasteiger partial charge in [-0.2, -0.15) is 4.98 Å². The van der Waals surface area contributed by atoms with Crippen LogP contribution in [0.4, 0.5) is 0 Å². The quantitative estimate of drug-likeness (QED) is 0.728. The number of nitrogens with zero attached hydrogens (tertiary/aromatic N) is 3. The van der Waals surface area contributed by atoms with E-state index in [2.05, 4.69) is 45.6 Å². The van der Waals surface area contributed by atoms with E-state index in [4.69, 9.17) is 9.05 Å². The maximum atomic E-state index is 5.49. The van der Waals surface area contributed by atoms with E-state index in [9.17, 15) is 0 Å². The molecule has 1 fully saturated rings. The predicted molar refractivity (Wildman–Crippen MR) is 84.1 cm³/mol. The first-order chi connectivity index (χ1) is 11.3. The SMILES string of the molecule is Cc1cc(Cc2noc([C@@H]3CC[C@@H](c4ccccc4)C3)n2)no1. The molecule has 2 heterocycles. The number of rotatable bonds is 4. The number of aromatic nitrogens is 3. The summed E-state index contributed by atoms with van der Waals surface area (Å²) in [5.41, 5.74) is 2.25. The first kappa shape index (κ1) is 14.2. The predicted octanol–water partition coefficient (Wildman–Crippen LogP) is 4.01. The molecule has 2 aromatic heterocycles. The Morgan fingerprint density at radius 2 is 1.87 bits per heavy atom. The molecule has 0 spiro atoms. The summed E-state index contributed by atoms with van der Waals surface area (Å²) in [6.07, 6.45) is 3.91. The van der Waals surface area contributed by atoms with E-state index in [1.54, 1.807) is 0 Å². The molecule has 2 atom stereocenters. The van der Waals surface area contributed by atoms with E-state index in [0.717, 1.165) is 30.2 Å². The van der Waals surface area contributed by atoms with Crippen molar-refractivity contribution in [2.45, 2.75) is 44.4 Å². The van der Waals surface area contributed by atoms with Crippen LogP contribution in [0.15, 0.2) is 45.4 Å². The van der Waals surface area contributed by atoms with Crippen LogP contribution < -0.4 is 0 Å². The van der Waals surface area contributed by atoms with Gasteiger partial charge in [0.15, 0.2) is 5.82 Å². The monoisotopic (exact) mass is 309 g/mol. The normalized spacial score (nSPS) is 20.9. The Hall–Kier alpha value is -2.43. The van der Waals surface area contributed by atoms with Gasteiger partial charge >= 0.3 is 0 Å². The largest absolute Gasteiger partial charge is 0.361 e. The van der Waals surface area contributed by atoms with Crippen LogP contribution in [0.5, 0.6) is 0 Å². The van der Waals surface area contributed by atoms with E-state index >= 15 is 0 Å². The third-order valence-electron chi connectivity index (χ3n) is 4.55. The Bertz CT molecular complexity index is 778. The van der Waals surface area contributed by atoms with Crippen molar-refractivity contribution in [3.8, 4) is 0 Å². The summed E-state index contributed by atoms with van der Waals surface area (Å²) in [6.45, 7) is 1.88. The Kier molecular flexibility index (Phi) is 3.69. The van der Waals surface area contributed by atoms with Crippen LogP contribution in [-0.4, -0.2) is 15.3 Å². The topological polar surface area (TPSA) is 65.0 Å². The molecule has 1 saturated carbocycles. The molecule has 0 unspecified atom stereocenters. The molecule has 1 aromatic carbocycles. The molecule has 118 valence electrons. The van der Waals surface area contributed by atoms with Gasteiger partial charge in [-0.05, 0) is 37.7 Å². The van der Waals surface area contributed by atoms with Crippen molar-refractivity contribution in [3.05, 3.63) is 65.1 Å². The summed E-state index contributed by atoms with van der Waals surface area (Å²) < 4.78 is 10.6. The fourth-order valence-corrected chi connectivity index (χ4v) is 3.40. The minimum atomic E-state index is 0.362. The lowest BCUT2D eigenvalue weighted by molar-refractivity contribution is 0.349. The molecule has 3 aromatic rings. The zero-order valence-electron chi connectivity index (χ0n) is 13.1. The van der Waals surface area contributed by atoms with E-state index < -0.39 is 0 Å². The van der Waals surface area contributed by atoms with Gasteiger partial charge < -0.3 is 9.05 Å². The number of benzene rings is 1. The van der Waals surface area contributed by atoms with Crippen LogP contribution in [0.3, 0.4) is 0 Å². The molecule has 0 N–H and O–H groups in total. The van der Waals surface area contributed by atoms with Crippen molar-refractivity contribution in [1.29, 1.82) is 0 Å². The molecule has 5 heteroatoms. The summed E-state index contributed by atoms with van der Waals surface area (Å²) in [6, 6.07) is 12.6. The van der Waals surface area contributed by atoms with Crippen LogP contribution >= 0.6 is 0 Å². The second-order valence-electron chi connectivity index (χ2n) is 6.27. The minimum Gasteiger partial charge on any atom is -0.361 e. The van der Waals surface area contributed by atoms with Gasteiger partial charge in [0.1, 0.15) is 5.76 Å². The van der Waals surface area contributed by atoms with Gasteiger partial charge in [-0.3, -0.25) is 0 Å². The van der Waals surface area contributed by atoms with Crippen LogP contribution in [0.2, 0.25) is 0 Å². The van der Waals surface area contributed by atoms with Crippen LogP contribution in [0.1, 0.15) is 59.8 Å². The number of aryl methyl sites for hydroxylation is 1. The van der Waals surface area contributed by atoms with Crippen LogP contribution in [0, 0.1) is 6.92 Å². The average molecular weight is 309 g/mol. The van der Waals surface area contributed by atoms with Gasteiger partial charge in [0.2, 0.25) is 5.89 Å². The van der Waals surface area contributed by atoms with Crippen LogP contribution in [0.25, 0.3) is 0 Å². The first-order valence-corrected chi connectivity index (χ1v) is 8.07. The van der Waals surface area contributed by atoms with Crippen molar-refractivity contribution in [2.24, 2.45) is 0 Å². The minimum absolute atomic E-state index is 0.362. The molecular weight excluding hydrogens is 290 g/mol. The van der Waals surface area contributed by atoms with Gasteiger partial charge in [-0.15, -0.1) is 0 Å². The van der Waals surface area contributed by atoms with Crippen LogP contribution in [-0.2, 0) is 6.42 Å².